The summed E-state index contributed by atoms with van der Waals surface area (Å²) in [5.41, 5.74) is 0. The molecule has 0 aliphatic carbocycles. The summed E-state index contributed by atoms with van der Waals surface area (Å²) in [6.45, 7) is 2.39. The second-order valence-electron chi connectivity index (χ2n) is 1.35. The molecule has 0 saturated heterocycles. The van der Waals surface area contributed by atoms with Crippen molar-refractivity contribution in [1.29, 1.82) is 0 Å². The molecule has 0 rings (SSSR count). The first kappa shape index (κ1) is 8.55. The van der Waals surface area contributed by atoms with Crippen LogP contribution in [0.15, 0.2) is 0 Å². The van der Waals surface area contributed by atoms with Crippen molar-refractivity contribution < 1.29 is 8.78 Å². The fourth-order valence-electron chi connectivity index (χ4n) is 0.279. The number of rotatable bonds is 3. The largest absolute Gasteiger partial charge is 0.251 e. The van der Waals surface area contributed by atoms with Crippen LogP contribution in [-0.4, -0.2) is 22.6 Å². The third kappa shape index (κ3) is 4.70. The lowest BCUT2D eigenvalue weighted by Crippen LogP contribution is -2.17. The molecule has 4 heteroatoms. The zero-order valence-electron chi connectivity index (χ0n) is 4.57. The molecule has 0 aromatic rings. The van der Waals surface area contributed by atoms with Crippen LogP contribution in [0, 0.1) is 0 Å². The maximum atomic E-state index is 11.4. The molecule has 0 saturated carbocycles. The monoisotopic (exact) mass is 235 g/mol. The van der Waals surface area contributed by atoms with Crippen molar-refractivity contribution in [1.82, 2.24) is 3.11 Å². The van der Waals surface area contributed by atoms with Crippen molar-refractivity contribution in [3.05, 3.63) is 0 Å². The lowest BCUT2D eigenvalue weighted by molar-refractivity contribution is 0.129. The predicted molar refractivity (Wildman–Crippen MR) is 37.3 cm³/mol. The van der Waals surface area contributed by atoms with E-state index < -0.39 is 6.43 Å². The highest BCUT2D eigenvalue weighted by Gasteiger charge is 2.05. The van der Waals surface area contributed by atoms with E-state index in [2.05, 4.69) is 0 Å². The van der Waals surface area contributed by atoms with Crippen molar-refractivity contribution in [2.75, 3.05) is 13.1 Å². The van der Waals surface area contributed by atoms with E-state index in [1.54, 1.807) is 3.11 Å². The Hall–Kier alpha value is 0.550. The Balaban J connectivity index is 3.10. The molecule has 0 N–H and O–H groups in total. The molecule has 0 aliphatic heterocycles. The van der Waals surface area contributed by atoms with Gasteiger partial charge in [-0.3, -0.25) is 0 Å². The van der Waals surface area contributed by atoms with Gasteiger partial charge in [-0.15, -0.1) is 0 Å². The van der Waals surface area contributed by atoms with E-state index in [1.807, 2.05) is 29.8 Å². The number of hydrogen-bond acceptors (Lipinski definition) is 1. The fraction of sp³-hybridized carbons (Fsp3) is 1.00. The van der Waals surface area contributed by atoms with Gasteiger partial charge in [0, 0.05) is 29.4 Å². The van der Waals surface area contributed by atoms with Gasteiger partial charge in [0.25, 0.3) is 6.43 Å². The van der Waals surface area contributed by atoms with E-state index in [-0.39, 0.29) is 6.54 Å². The highest BCUT2D eigenvalue weighted by atomic mass is 127. The average molecular weight is 235 g/mol. The van der Waals surface area contributed by atoms with Crippen LogP contribution in [0.25, 0.3) is 0 Å². The molecule has 50 valence electrons. The lowest BCUT2D eigenvalue weighted by Gasteiger charge is -2.08. The topological polar surface area (TPSA) is 3.24 Å². The van der Waals surface area contributed by atoms with Gasteiger partial charge in [0.15, 0.2) is 0 Å². The summed E-state index contributed by atoms with van der Waals surface area (Å²) in [6, 6.07) is 0. The van der Waals surface area contributed by atoms with Crippen molar-refractivity contribution in [3.8, 4) is 0 Å². The highest BCUT2D eigenvalue weighted by molar-refractivity contribution is 14.1. The summed E-state index contributed by atoms with van der Waals surface area (Å²) in [7, 11) is 0. The van der Waals surface area contributed by atoms with Gasteiger partial charge >= 0.3 is 0 Å². The summed E-state index contributed by atoms with van der Waals surface area (Å²) in [5, 5.41) is 0. The molecule has 0 heterocycles. The summed E-state index contributed by atoms with van der Waals surface area (Å²) in [6.07, 6.45) is -2.20. The summed E-state index contributed by atoms with van der Waals surface area (Å²) in [5.74, 6) is 0. The van der Waals surface area contributed by atoms with Crippen LogP contribution in [0.1, 0.15) is 6.92 Å². The Kier molecular flexibility index (Phi) is 4.74. The maximum Gasteiger partial charge on any atom is 0.251 e. The van der Waals surface area contributed by atoms with Crippen LogP contribution in [0.4, 0.5) is 8.78 Å². The quantitative estimate of drug-likeness (QED) is 0.533. The summed E-state index contributed by atoms with van der Waals surface area (Å²) in [4.78, 5) is 0. The molecule has 0 aromatic heterocycles. The normalized spacial score (nSPS) is 11.2. The Morgan fingerprint density at radius 2 is 2.12 bits per heavy atom. The molecule has 0 bridgehead atoms. The molecule has 0 amide bonds. The molecule has 0 unspecified atom stereocenters. The van der Waals surface area contributed by atoms with Gasteiger partial charge in [0.2, 0.25) is 0 Å². The van der Waals surface area contributed by atoms with Crippen LogP contribution in [0.2, 0.25) is 0 Å². The highest BCUT2D eigenvalue weighted by Crippen LogP contribution is 2.02. The molecule has 8 heavy (non-hydrogen) atoms. The molecule has 0 radical (unpaired) electrons. The van der Waals surface area contributed by atoms with Crippen LogP contribution >= 0.6 is 22.9 Å². The zero-order valence-corrected chi connectivity index (χ0v) is 6.73. The number of nitrogens with zero attached hydrogens (tertiary/aromatic N) is 1. The maximum absolute atomic E-state index is 11.4. The third-order valence-corrected chi connectivity index (χ3v) is 1.76. The first-order chi connectivity index (χ1) is 3.66. The van der Waals surface area contributed by atoms with Gasteiger partial charge in [0.1, 0.15) is 0 Å². The van der Waals surface area contributed by atoms with Gasteiger partial charge in [-0.25, -0.2) is 11.9 Å². The Bertz CT molecular complexity index is 60.0. The standard InChI is InChI=1S/C4H8F2IN/c1-2-8(7)3-4(5)6/h4H,2-3H2,1H3. The van der Waals surface area contributed by atoms with E-state index >= 15 is 0 Å². The summed E-state index contributed by atoms with van der Waals surface area (Å²) < 4.78 is 24.4. The van der Waals surface area contributed by atoms with Crippen LogP contribution in [-0.2, 0) is 0 Å². The van der Waals surface area contributed by atoms with Gasteiger partial charge in [-0.05, 0) is 0 Å². The molecule has 0 aliphatic rings. The minimum Gasteiger partial charge on any atom is -0.242 e. The van der Waals surface area contributed by atoms with Crippen LogP contribution in [0.5, 0.6) is 0 Å². The third-order valence-electron chi connectivity index (χ3n) is 0.679. The Labute approximate surface area is 61.5 Å². The number of alkyl halides is 2. The van der Waals surface area contributed by atoms with E-state index in [4.69, 9.17) is 0 Å². The van der Waals surface area contributed by atoms with Gasteiger partial charge in [-0.1, -0.05) is 6.92 Å². The second-order valence-corrected chi connectivity index (χ2v) is 2.72. The minimum absolute atomic E-state index is 0.128. The number of halogens is 3. The van der Waals surface area contributed by atoms with E-state index in [0.717, 1.165) is 0 Å². The van der Waals surface area contributed by atoms with Gasteiger partial charge in [-0.2, -0.15) is 0 Å². The fourth-order valence-corrected chi connectivity index (χ4v) is 0.577. The van der Waals surface area contributed by atoms with Crippen LogP contribution < -0.4 is 0 Å². The molecule has 1 nitrogen and oxygen atoms in total. The molecule has 0 atom stereocenters. The minimum atomic E-state index is -2.20. The molecule has 0 aromatic carbocycles. The predicted octanol–water partition coefficient (Wildman–Crippen LogP) is 1.92. The second kappa shape index (κ2) is 4.43. The average Bonchev–Trinajstić information content (AvgIpc) is 1.65. The smallest absolute Gasteiger partial charge is 0.242 e. The summed E-state index contributed by atoms with van der Waals surface area (Å²) >= 11 is 1.87. The van der Waals surface area contributed by atoms with Crippen molar-refractivity contribution in [3.63, 3.8) is 0 Å². The molecular weight excluding hydrogens is 227 g/mol. The molecular formula is C4H8F2IN. The first-order valence-electron chi connectivity index (χ1n) is 2.35. The van der Waals surface area contributed by atoms with E-state index in [9.17, 15) is 8.78 Å². The Morgan fingerprint density at radius 1 is 1.62 bits per heavy atom. The lowest BCUT2D eigenvalue weighted by atomic mass is 10.6. The van der Waals surface area contributed by atoms with Crippen molar-refractivity contribution >= 4 is 22.9 Å². The van der Waals surface area contributed by atoms with Gasteiger partial charge < -0.3 is 0 Å². The number of hydrogen-bond donors (Lipinski definition) is 0. The molecule has 0 fully saturated rings. The van der Waals surface area contributed by atoms with Crippen molar-refractivity contribution in [2.45, 2.75) is 13.3 Å². The first-order valence-corrected chi connectivity index (χ1v) is 3.32. The SMILES string of the molecule is CCN(I)CC(F)F. The van der Waals surface area contributed by atoms with Crippen LogP contribution in [0.3, 0.4) is 0 Å². The molecule has 0 spiro atoms. The van der Waals surface area contributed by atoms with E-state index in [0.29, 0.717) is 6.54 Å². The Morgan fingerprint density at radius 3 is 2.25 bits per heavy atom. The van der Waals surface area contributed by atoms with Crippen molar-refractivity contribution in [2.24, 2.45) is 0 Å². The van der Waals surface area contributed by atoms with E-state index in [1.165, 1.54) is 0 Å². The zero-order chi connectivity index (χ0) is 6.57. The van der Waals surface area contributed by atoms with Gasteiger partial charge in [0.05, 0.1) is 6.54 Å².